The summed E-state index contributed by atoms with van der Waals surface area (Å²) in [6.07, 6.45) is 0. The number of primary amides is 1. The number of hydrogen-bond acceptors (Lipinski definition) is 5. The average Bonchev–Trinajstić information content (AvgIpc) is 2.34. The van der Waals surface area contributed by atoms with E-state index in [1.165, 1.54) is 18.9 Å². The van der Waals surface area contributed by atoms with Gasteiger partial charge in [0.2, 0.25) is 5.91 Å². The number of rotatable bonds is 6. The van der Waals surface area contributed by atoms with Gasteiger partial charge in [-0.2, -0.15) is 0 Å². The second kappa shape index (κ2) is 6.80. The zero-order valence-corrected chi connectivity index (χ0v) is 10.3. The van der Waals surface area contributed by atoms with Crippen LogP contribution < -0.4 is 11.1 Å². The first-order valence-corrected chi connectivity index (χ1v) is 5.93. The van der Waals surface area contributed by atoms with Crippen molar-refractivity contribution in [1.29, 1.82) is 0 Å². The zero-order chi connectivity index (χ0) is 12.7. The molecule has 17 heavy (non-hydrogen) atoms. The monoisotopic (exact) mass is 254 g/mol. The Balaban J connectivity index is 2.63. The lowest BCUT2D eigenvalue weighted by Crippen LogP contribution is -2.16. The van der Waals surface area contributed by atoms with Crippen molar-refractivity contribution in [2.45, 2.75) is 4.90 Å². The Morgan fingerprint density at radius 2 is 2.12 bits per heavy atom. The summed E-state index contributed by atoms with van der Waals surface area (Å²) in [7, 11) is 1.33. The largest absolute Gasteiger partial charge is 0.468 e. The van der Waals surface area contributed by atoms with Gasteiger partial charge in [0.25, 0.3) is 0 Å². The molecule has 92 valence electrons. The minimum absolute atomic E-state index is 0.0879. The number of nitrogens with one attached hydrogen (secondary N) is 1. The highest BCUT2D eigenvalue weighted by Gasteiger charge is 2.06. The summed E-state index contributed by atoms with van der Waals surface area (Å²) in [5, 5.41) is 2.94. The molecule has 0 atom stereocenters. The standard InChI is InChI=1S/C11H14N2O3S/c1-16-11(15)6-13-8-4-2-3-5-9(8)17-7-10(12)14/h2-5,13H,6-7H2,1H3,(H2,12,14). The van der Waals surface area contributed by atoms with E-state index in [2.05, 4.69) is 10.1 Å². The van der Waals surface area contributed by atoms with Crippen LogP contribution in [0.5, 0.6) is 0 Å². The molecule has 0 heterocycles. The maximum Gasteiger partial charge on any atom is 0.325 e. The maximum atomic E-state index is 11.0. The van der Waals surface area contributed by atoms with Crippen LogP contribution in [0.2, 0.25) is 0 Å². The number of nitrogens with two attached hydrogens (primary N) is 1. The van der Waals surface area contributed by atoms with Gasteiger partial charge in [0, 0.05) is 10.6 Å². The molecule has 0 aromatic heterocycles. The third-order valence-electron chi connectivity index (χ3n) is 1.91. The predicted octanol–water partition coefficient (Wildman–Crippen LogP) is 0.849. The molecule has 0 unspecified atom stereocenters. The SMILES string of the molecule is COC(=O)CNc1ccccc1SCC(N)=O. The van der Waals surface area contributed by atoms with E-state index in [1.54, 1.807) is 0 Å². The first-order valence-electron chi connectivity index (χ1n) is 4.94. The van der Waals surface area contributed by atoms with Crippen molar-refractivity contribution in [3.05, 3.63) is 24.3 Å². The van der Waals surface area contributed by atoms with Gasteiger partial charge in [-0.05, 0) is 12.1 Å². The highest BCUT2D eigenvalue weighted by atomic mass is 32.2. The second-order valence-corrected chi connectivity index (χ2v) is 4.20. The van der Waals surface area contributed by atoms with Gasteiger partial charge in [-0.1, -0.05) is 12.1 Å². The van der Waals surface area contributed by atoms with E-state index in [0.29, 0.717) is 0 Å². The zero-order valence-electron chi connectivity index (χ0n) is 9.43. The fraction of sp³-hybridized carbons (Fsp3) is 0.273. The molecule has 0 saturated carbocycles. The molecule has 0 aliphatic rings. The minimum Gasteiger partial charge on any atom is -0.468 e. The van der Waals surface area contributed by atoms with Crippen molar-refractivity contribution in [1.82, 2.24) is 0 Å². The summed E-state index contributed by atoms with van der Waals surface area (Å²) < 4.78 is 4.53. The van der Waals surface area contributed by atoms with E-state index in [-0.39, 0.29) is 24.2 Å². The van der Waals surface area contributed by atoms with Crippen LogP contribution in [-0.2, 0) is 14.3 Å². The molecular weight excluding hydrogens is 240 g/mol. The lowest BCUT2D eigenvalue weighted by Gasteiger charge is -2.09. The third kappa shape index (κ3) is 4.78. The molecule has 0 radical (unpaired) electrons. The summed E-state index contributed by atoms with van der Waals surface area (Å²) in [5.74, 6) is -0.519. The highest BCUT2D eigenvalue weighted by molar-refractivity contribution is 8.00. The lowest BCUT2D eigenvalue weighted by molar-refractivity contribution is -0.138. The fourth-order valence-electron chi connectivity index (χ4n) is 1.13. The van der Waals surface area contributed by atoms with Gasteiger partial charge in [-0.15, -0.1) is 11.8 Å². The van der Waals surface area contributed by atoms with Gasteiger partial charge in [0.1, 0.15) is 6.54 Å². The number of benzene rings is 1. The number of carbonyl (C=O) groups is 2. The van der Waals surface area contributed by atoms with E-state index in [4.69, 9.17) is 5.73 Å². The van der Waals surface area contributed by atoms with Crippen molar-refractivity contribution in [2.24, 2.45) is 5.73 Å². The second-order valence-electron chi connectivity index (χ2n) is 3.18. The maximum absolute atomic E-state index is 11.0. The van der Waals surface area contributed by atoms with Gasteiger partial charge in [-0.3, -0.25) is 9.59 Å². The first kappa shape index (κ1) is 13.4. The molecular formula is C11H14N2O3S. The van der Waals surface area contributed by atoms with Gasteiger partial charge < -0.3 is 15.8 Å². The third-order valence-corrected chi connectivity index (χ3v) is 3.00. The topological polar surface area (TPSA) is 81.4 Å². The predicted molar refractivity (Wildman–Crippen MR) is 66.9 cm³/mol. The number of amides is 1. The number of hydrogen-bond donors (Lipinski definition) is 2. The van der Waals surface area contributed by atoms with E-state index in [9.17, 15) is 9.59 Å². The van der Waals surface area contributed by atoms with E-state index < -0.39 is 0 Å². The van der Waals surface area contributed by atoms with E-state index in [0.717, 1.165) is 10.6 Å². The Hall–Kier alpha value is -1.69. The quantitative estimate of drug-likeness (QED) is 0.581. The van der Waals surface area contributed by atoms with Crippen molar-refractivity contribution in [3.63, 3.8) is 0 Å². The Morgan fingerprint density at radius 1 is 1.41 bits per heavy atom. The van der Waals surface area contributed by atoms with Gasteiger partial charge >= 0.3 is 5.97 Å². The molecule has 0 bridgehead atoms. The molecule has 1 aromatic rings. The van der Waals surface area contributed by atoms with Gasteiger partial charge in [-0.25, -0.2) is 0 Å². The summed E-state index contributed by atoms with van der Waals surface area (Å²) in [4.78, 5) is 22.6. The molecule has 0 spiro atoms. The molecule has 1 rings (SSSR count). The number of carbonyl (C=O) groups excluding carboxylic acids is 2. The van der Waals surface area contributed by atoms with Crippen LogP contribution in [-0.4, -0.2) is 31.3 Å². The summed E-state index contributed by atoms with van der Waals surface area (Å²) in [6, 6.07) is 7.38. The smallest absolute Gasteiger partial charge is 0.325 e. The average molecular weight is 254 g/mol. The molecule has 1 amide bonds. The summed E-state index contributed by atoms with van der Waals surface area (Å²) in [6.45, 7) is 0.0879. The van der Waals surface area contributed by atoms with E-state index >= 15 is 0 Å². The van der Waals surface area contributed by atoms with Crippen molar-refractivity contribution >= 4 is 29.3 Å². The van der Waals surface area contributed by atoms with Gasteiger partial charge in [0.15, 0.2) is 0 Å². The minimum atomic E-state index is -0.377. The Bertz CT molecular complexity index is 409. The van der Waals surface area contributed by atoms with Crippen LogP contribution >= 0.6 is 11.8 Å². The van der Waals surface area contributed by atoms with Crippen LogP contribution in [0.25, 0.3) is 0 Å². The number of anilines is 1. The fourth-order valence-corrected chi connectivity index (χ4v) is 1.90. The summed E-state index contributed by atoms with van der Waals surface area (Å²) >= 11 is 1.33. The highest BCUT2D eigenvalue weighted by Crippen LogP contribution is 2.26. The van der Waals surface area contributed by atoms with Crippen LogP contribution in [0.15, 0.2) is 29.2 Å². The first-order chi connectivity index (χ1) is 8.13. The normalized spacial score (nSPS) is 9.71. The van der Waals surface area contributed by atoms with Gasteiger partial charge in [0.05, 0.1) is 12.9 Å². The molecule has 6 heteroatoms. The van der Waals surface area contributed by atoms with Crippen LogP contribution in [0, 0.1) is 0 Å². The lowest BCUT2D eigenvalue weighted by atomic mass is 10.3. The van der Waals surface area contributed by atoms with Crippen LogP contribution in [0.4, 0.5) is 5.69 Å². The molecule has 0 saturated heterocycles. The molecule has 1 aromatic carbocycles. The molecule has 0 fully saturated rings. The van der Waals surface area contributed by atoms with Crippen molar-refractivity contribution in [3.8, 4) is 0 Å². The molecule has 0 aliphatic carbocycles. The van der Waals surface area contributed by atoms with Crippen LogP contribution in [0.1, 0.15) is 0 Å². The number of thioether (sulfide) groups is 1. The Kier molecular flexibility index (Phi) is 5.35. The number of esters is 1. The summed E-state index contributed by atoms with van der Waals surface area (Å²) in [5.41, 5.74) is 5.86. The van der Waals surface area contributed by atoms with Crippen LogP contribution in [0.3, 0.4) is 0 Å². The van der Waals surface area contributed by atoms with Crippen molar-refractivity contribution in [2.75, 3.05) is 24.7 Å². The molecule has 3 N–H and O–H groups in total. The Morgan fingerprint density at radius 3 is 2.76 bits per heavy atom. The number of para-hydroxylation sites is 1. The number of ether oxygens (including phenoxy) is 1. The Labute approximate surface area is 104 Å². The van der Waals surface area contributed by atoms with E-state index in [1.807, 2.05) is 24.3 Å². The van der Waals surface area contributed by atoms with Crippen molar-refractivity contribution < 1.29 is 14.3 Å². The molecule has 0 aliphatic heterocycles. The molecule has 5 nitrogen and oxygen atoms in total. The number of methoxy groups -OCH3 is 1.